The van der Waals surface area contributed by atoms with E-state index in [1.165, 1.54) is 0 Å². The minimum absolute atomic E-state index is 0.291. The Kier molecular flexibility index (Phi) is 4.62. The standard InChI is InChI=1S/C6H15FN2/c1-6(5-8)9(2)4-3-7/h6H,3-5,8H2,1-2H3/t6-/m0/s1. The first kappa shape index (κ1) is 8.85. The molecule has 0 aliphatic rings. The minimum Gasteiger partial charge on any atom is -0.329 e. The van der Waals surface area contributed by atoms with Crippen LogP contribution in [0.25, 0.3) is 0 Å². The lowest BCUT2D eigenvalue weighted by atomic mass is 10.3. The zero-order valence-corrected chi connectivity index (χ0v) is 6.10. The molecule has 0 rings (SSSR count). The molecule has 0 amide bonds. The molecule has 0 saturated carbocycles. The molecular formula is C6H15FN2. The van der Waals surface area contributed by atoms with Crippen molar-refractivity contribution in [1.29, 1.82) is 0 Å². The maximum Gasteiger partial charge on any atom is 0.102 e. The van der Waals surface area contributed by atoms with E-state index in [1.807, 2.05) is 18.9 Å². The Morgan fingerprint density at radius 1 is 1.67 bits per heavy atom. The molecule has 0 aromatic carbocycles. The number of alkyl halides is 1. The molecule has 2 N–H and O–H groups in total. The normalized spacial score (nSPS) is 14.3. The highest BCUT2D eigenvalue weighted by molar-refractivity contribution is 4.61. The van der Waals surface area contributed by atoms with Gasteiger partial charge in [0, 0.05) is 19.1 Å². The summed E-state index contributed by atoms with van der Waals surface area (Å²) in [5, 5.41) is 0. The van der Waals surface area contributed by atoms with Crippen molar-refractivity contribution < 1.29 is 4.39 Å². The number of nitrogens with two attached hydrogens (primary N) is 1. The van der Waals surface area contributed by atoms with Gasteiger partial charge in [-0.15, -0.1) is 0 Å². The summed E-state index contributed by atoms with van der Waals surface area (Å²) in [7, 11) is 1.87. The average Bonchev–Trinajstić information content (AvgIpc) is 1.87. The van der Waals surface area contributed by atoms with Crippen LogP contribution >= 0.6 is 0 Å². The summed E-state index contributed by atoms with van der Waals surface area (Å²) in [6.45, 7) is 2.77. The molecule has 1 atom stereocenters. The van der Waals surface area contributed by atoms with Crippen LogP contribution in [0.3, 0.4) is 0 Å². The summed E-state index contributed by atoms with van der Waals surface area (Å²) in [5.74, 6) is 0. The lowest BCUT2D eigenvalue weighted by Crippen LogP contribution is -2.36. The van der Waals surface area contributed by atoms with Gasteiger partial charge >= 0.3 is 0 Å². The van der Waals surface area contributed by atoms with Crippen molar-refractivity contribution in [2.45, 2.75) is 13.0 Å². The van der Waals surface area contributed by atoms with E-state index in [-0.39, 0.29) is 6.67 Å². The first-order valence-electron chi connectivity index (χ1n) is 3.18. The molecule has 0 aliphatic heterocycles. The van der Waals surface area contributed by atoms with Gasteiger partial charge < -0.3 is 5.73 Å². The molecule has 3 heteroatoms. The largest absolute Gasteiger partial charge is 0.329 e. The molecule has 0 bridgehead atoms. The Bertz CT molecular complexity index is 68.1. The average molecular weight is 134 g/mol. The highest BCUT2D eigenvalue weighted by Crippen LogP contribution is 1.91. The van der Waals surface area contributed by atoms with Crippen molar-refractivity contribution in [3.63, 3.8) is 0 Å². The molecule has 0 aromatic heterocycles. The highest BCUT2D eigenvalue weighted by Gasteiger charge is 2.04. The molecular weight excluding hydrogens is 119 g/mol. The fraction of sp³-hybridized carbons (Fsp3) is 1.00. The second kappa shape index (κ2) is 4.70. The Morgan fingerprint density at radius 2 is 2.22 bits per heavy atom. The van der Waals surface area contributed by atoms with Gasteiger partial charge in [-0.05, 0) is 14.0 Å². The van der Waals surface area contributed by atoms with E-state index in [9.17, 15) is 4.39 Å². The van der Waals surface area contributed by atoms with Crippen LogP contribution in [0.15, 0.2) is 0 Å². The minimum atomic E-state index is -0.291. The third-order valence-electron chi connectivity index (χ3n) is 1.53. The van der Waals surface area contributed by atoms with E-state index in [4.69, 9.17) is 5.73 Å². The predicted molar refractivity (Wildman–Crippen MR) is 37.1 cm³/mol. The van der Waals surface area contributed by atoms with Crippen LogP contribution in [0.2, 0.25) is 0 Å². The third kappa shape index (κ3) is 3.43. The zero-order chi connectivity index (χ0) is 7.28. The van der Waals surface area contributed by atoms with Crippen LogP contribution in [0.4, 0.5) is 4.39 Å². The maximum absolute atomic E-state index is 11.7. The van der Waals surface area contributed by atoms with Crippen LogP contribution in [0.5, 0.6) is 0 Å². The van der Waals surface area contributed by atoms with Crippen LogP contribution in [0.1, 0.15) is 6.92 Å². The number of nitrogens with zero attached hydrogens (tertiary/aromatic N) is 1. The molecule has 0 heterocycles. The van der Waals surface area contributed by atoms with Gasteiger partial charge in [0.05, 0.1) is 0 Å². The van der Waals surface area contributed by atoms with Crippen molar-refractivity contribution in [3.8, 4) is 0 Å². The van der Waals surface area contributed by atoms with Gasteiger partial charge in [0.2, 0.25) is 0 Å². The van der Waals surface area contributed by atoms with Gasteiger partial charge in [-0.2, -0.15) is 0 Å². The maximum atomic E-state index is 11.7. The lowest BCUT2D eigenvalue weighted by molar-refractivity contribution is 0.239. The third-order valence-corrected chi connectivity index (χ3v) is 1.53. The van der Waals surface area contributed by atoms with Crippen LogP contribution in [-0.4, -0.2) is 37.8 Å². The molecule has 56 valence electrons. The van der Waals surface area contributed by atoms with E-state index >= 15 is 0 Å². The van der Waals surface area contributed by atoms with Crippen LogP contribution in [0, 0.1) is 0 Å². The molecule has 0 fully saturated rings. The molecule has 0 saturated heterocycles. The Hall–Kier alpha value is -0.150. The topological polar surface area (TPSA) is 29.3 Å². The summed E-state index contributed by atoms with van der Waals surface area (Å²) in [4.78, 5) is 1.90. The van der Waals surface area contributed by atoms with Crippen molar-refractivity contribution in [2.75, 3.05) is 26.8 Å². The Balaban J connectivity index is 3.32. The molecule has 0 aliphatic carbocycles. The van der Waals surface area contributed by atoms with Crippen LogP contribution in [-0.2, 0) is 0 Å². The molecule has 0 unspecified atom stereocenters. The molecule has 0 radical (unpaired) electrons. The monoisotopic (exact) mass is 134 g/mol. The number of halogens is 1. The zero-order valence-electron chi connectivity index (χ0n) is 6.10. The van der Waals surface area contributed by atoms with E-state index in [0.29, 0.717) is 19.1 Å². The first-order chi connectivity index (χ1) is 4.22. The molecule has 2 nitrogen and oxygen atoms in total. The highest BCUT2D eigenvalue weighted by atomic mass is 19.1. The van der Waals surface area contributed by atoms with Crippen molar-refractivity contribution >= 4 is 0 Å². The number of hydrogen-bond donors (Lipinski definition) is 1. The van der Waals surface area contributed by atoms with Gasteiger partial charge in [0.1, 0.15) is 6.67 Å². The fourth-order valence-corrected chi connectivity index (χ4v) is 0.534. The number of rotatable bonds is 4. The quantitative estimate of drug-likeness (QED) is 0.596. The van der Waals surface area contributed by atoms with Gasteiger partial charge in [0.25, 0.3) is 0 Å². The van der Waals surface area contributed by atoms with Crippen molar-refractivity contribution in [1.82, 2.24) is 4.90 Å². The molecule has 9 heavy (non-hydrogen) atoms. The summed E-state index contributed by atoms with van der Waals surface area (Å²) in [5.41, 5.74) is 5.34. The van der Waals surface area contributed by atoms with E-state index in [2.05, 4.69) is 0 Å². The molecule has 0 spiro atoms. The van der Waals surface area contributed by atoms with Crippen molar-refractivity contribution in [2.24, 2.45) is 5.73 Å². The Labute approximate surface area is 55.8 Å². The van der Waals surface area contributed by atoms with Gasteiger partial charge in [-0.3, -0.25) is 4.90 Å². The van der Waals surface area contributed by atoms with Crippen LogP contribution < -0.4 is 5.73 Å². The second-order valence-corrected chi connectivity index (χ2v) is 2.25. The Morgan fingerprint density at radius 3 is 2.56 bits per heavy atom. The van der Waals surface area contributed by atoms with E-state index < -0.39 is 0 Å². The lowest BCUT2D eigenvalue weighted by Gasteiger charge is -2.21. The van der Waals surface area contributed by atoms with E-state index in [1.54, 1.807) is 0 Å². The second-order valence-electron chi connectivity index (χ2n) is 2.25. The smallest absolute Gasteiger partial charge is 0.102 e. The summed E-state index contributed by atoms with van der Waals surface area (Å²) in [6.07, 6.45) is 0. The summed E-state index contributed by atoms with van der Waals surface area (Å²) >= 11 is 0. The van der Waals surface area contributed by atoms with Gasteiger partial charge in [-0.25, -0.2) is 4.39 Å². The number of hydrogen-bond acceptors (Lipinski definition) is 2. The van der Waals surface area contributed by atoms with E-state index in [0.717, 1.165) is 0 Å². The van der Waals surface area contributed by atoms with Crippen molar-refractivity contribution in [3.05, 3.63) is 0 Å². The summed E-state index contributed by atoms with van der Waals surface area (Å²) < 4.78 is 11.7. The first-order valence-corrected chi connectivity index (χ1v) is 3.18. The SMILES string of the molecule is C[C@@H](CN)N(C)CCF. The number of likely N-dealkylation sites (N-methyl/N-ethyl adjacent to an activating group) is 1. The van der Waals surface area contributed by atoms with Gasteiger partial charge in [-0.1, -0.05) is 0 Å². The van der Waals surface area contributed by atoms with Gasteiger partial charge in [0.15, 0.2) is 0 Å². The predicted octanol–water partition coefficient (Wildman–Crippen LogP) is 0.235. The summed E-state index contributed by atoms with van der Waals surface area (Å²) in [6, 6.07) is 0.292. The molecule has 0 aromatic rings. The fourth-order valence-electron chi connectivity index (χ4n) is 0.534.